The third-order valence-electron chi connectivity index (χ3n) is 4.16. The van der Waals surface area contributed by atoms with Crippen molar-refractivity contribution in [1.82, 2.24) is 15.1 Å². The van der Waals surface area contributed by atoms with Gasteiger partial charge in [-0.25, -0.2) is 4.68 Å². The number of nitrogens with one attached hydrogen (secondary N) is 1. The monoisotopic (exact) mass is 317 g/mol. The first kappa shape index (κ1) is 15.1. The van der Waals surface area contributed by atoms with Gasteiger partial charge in [-0.2, -0.15) is 5.10 Å². The van der Waals surface area contributed by atoms with Crippen molar-refractivity contribution < 1.29 is 4.79 Å². The molecule has 1 fully saturated rings. The van der Waals surface area contributed by atoms with Crippen LogP contribution < -0.4 is 5.32 Å². The lowest BCUT2D eigenvalue weighted by Crippen LogP contribution is -2.34. The van der Waals surface area contributed by atoms with Crippen molar-refractivity contribution in [1.29, 1.82) is 0 Å². The Morgan fingerprint density at radius 3 is 2.73 bits per heavy atom. The Hall–Kier alpha value is -1.81. The van der Waals surface area contributed by atoms with Crippen LogP contribution in [0.25, 0.3) is 0 Å². The molecule has 0 spiro atoms. The predicted molar refractivity (Wildman–Crippen MR) is 87.2 cm³/mol. The maximum atomic E-state index is 12.4. The first-order chi connectivity index (χ1) is 10.6. The summed E-state index contributed by atoms with van der Waals surface area (Å²) < 4.78 is 1.68. The first-order valence-electron chi connectivity index (χ1n) is 7.64. The molecule has 1 saturated carbocycles. The Balaban J connectivity index is 1.78. The summed E-state index contributed by atoms with van der Waals surface area (Å²) in [6.07, 6.45) is 2.39. The standard InChI is InChI=1S/C17H20ClN3O/c1-11(14-8-9-14)19-17(22)15-12(2)20-21(16(15)18)10-13-6-4-3-5-7-13/h3-7,11,14H,8-10H2,1-2H3,(H,19,22). The number of aryl methyl sites for hydroxylation is 1. The fourth-order valence-electron chi connectivity index (χ4n) is 2.67. The third-order valence-corrected chi connectivity index (χ3v) is 4.54. The molecule has 116 valence electrons. The topological polar surface area (TPSA) is 46.9 Å². The lowest BCUT2D eigenvalue weighted by atomic mass is 10.2. The molecule has 1 atom stereocenters. The summed E-state index contributed by atoms with van der Waals surface area (Å²) in [5.74, 6) is 0.489. The number of rotatable bonds is 5. The molecule has 1 aromatic carbocycles. The van der Waals surface area contributed by atoms with Gasteiger partial charge in [-0.15, -0.1) is 0 Å². The van der Waals surface area contributed by atoms with Crippen LogP contribution in [-0.4, -0.2) is 21.7 Å². The van der Waals surface area contributed by atoms with Crippen LogP contribution in [-0.2, 0) is 6.54 Å². The SMILES string of the molecule is Cc1nn(Cc2ccccc2)c(Cl)c1C(=O)NC(C)C1CC1. The summed E-state index contributed by atoms with van der Waals surface area (Å²) in [4.78, 5) is 12.4. The van der Waals surface area contributed by atoms with Crippen molar-refractivity contribution in [2.75, 3.05) is 0 Å². The highest BCUT2D eigenvalue weighted by Crippen LogP contribution is 2.32. The van der Waals surface area contributed by atoms with Gasteiger partial charge in [-0.1, -0.05) is 41.9 Å². The molecule has 1 aliphatic rings. The summed E-state index contributed by atoms with van der Waals surface area (Å²) in [6, 6.07) is 10.2. The Labute approximate surface area is 135 Å². The van der Waals surface area contributed by atoms with Gasteiger partial charge < -0.3 is 5.32 Å². The van der Waals surface area contributed by atoms with Crippen LogP contribution in [0.2, 0.25) is 5.15 Å². The molecule has 1 aliphatic carbocycles. The van der Waals surface area contributed by atoms with Crippen molar-refractivity contribution in [2.24, 2.45) is 5.92 Å². The zero-order chi connectivity index (χ0) is 15.7. The molecular weight excluding hydrogens is 298 g/mol. The summed E-state index contributed by atoms with van der Waals surface area (Å²) in [5.41, 5.74) is 2.26. The normalized spacial score (nSPS) is 15.6. The van der Waals surface area contributed by atoms with Gasteiger partial charge in [0.1, 0.15) is 5.15 Å². The molecule has 1 unspecified atom stereocenters. The van der Waals surface area contributed by atoms with Gasteiger partial charge in [0.2, 0.25) is 0 Å². The van der Waals surface area contributed by atoms with E-state index in [1.807, 2.05) is 44.2 Å². The molecule has 1 aromatic heterocycles. The average Bonchev–Trinajstić information content (AvgIpc) is 3.28. The van der Waals surface area contributed by atoms with Gasteiger partial charge in [0.05, 0.1) is 17.8 Å². The first-order valence-corrected chi connectivity index (χ1v) is 8.01. The minimum Gasteiger partial charge on any atom is -0.349 e. The number of amides is 1. The molecule has 3 rings (SSSR count). The van der Waals surface area contributed by atoms with E-state index in [-0.39, 0.29) is 11.9 Å². The van der Waals surface area contributed by atoms with E-state index in [1.54, 1.807) is 4.68 Å². The molecule has 4 nitrogen and oxygen atoms in total. The smallest absolute Gasteiger partial charge is 0.256 e. The number of benzene rings is 1. The average molecular weight is 318 g/mol. The van der Waals surface area contributed by atoms with Crippen molar-refractivity contribution in [3.8, 4) is 0 Å². The summed E-state index contributed by atoms with van der Waals surface area (Å²) in [7, 11) is 0. The molecule has 0 saturated heterocycles. The second-order valence-electron chi connectivity index (χ2n) is 5.99. The molecule has 1 N–H and O–H groups in total. The zero-order valence-electron chi connectivity index (χ0n) is 12.8. The van der Waals surface area contributed by atoms with Crippen LogP contribution in [0.3, 0.4) is 0 Å². The fourth-order valence-corrected chi connectivity index (χ4v) is 2.99. The van der Waals surface area contributed by atoms with Crippen LogP contribution in [0.15, 0.2) is 30.3 Å². The Bertz CT molecular complexity index is 677. The van der Waals surface area contributed by atoms with Gasteiger partial charge in [0, 0.05) is 6.04 Å². The molecule has 5 heteroatoms. The fraction of sp³-hybridized carbons (Fsp3) is 0.412. The van der Waals surface area contributed by atoms with Crippen LogP contribution in [0, 0.1) is 12.8 Å². The number of hydrogen-bond acceptors (Lipinski definition) is 2. The second kappa shape index (κ2) is 6.13. The molecule has 22 heavy (non-hydrogen) atoms. The van der Waals surface area contributed by atoms with Crippen molar-refractivity contribution in [3.05, 3.63) is 52.3 Å². The van der Waals surface area contributed by atoms with E-state index in [0.29, 0.717) is 28.9 Å². The Morgan fingerprint density at radius 2 is 2.09 bits per heavy atom. The van der Waals surface area contributed by atoms with Gasteiger partial charge in [0.25, 0.3) is 5.91 Å². The van der Waals surface area contributed by atoms with E-state index in [1.165, 1.54) is 12.8 Å². The van der Waals surface area contributed by atoms with Gasteiger partial charge in [-0.05, 0) is 38.2 Å². The summed E-state index contributed by atoms with van der Waals surface area (Å²) in [5, 5.41) is 7.86. The highest BCUT2D eigenvalue weighted by atomic mass is 35.5. The zero-order valence-corrected chi connectivity index (χ0v) is 13.6. The van der Waals surface area contributed by atoms with E-state index >= 15 is 0 Å². The number of halogens is 1. The van der Waals surface area contributed by atoms with Crippen molar-refractivity contribution in [3.63, 3.8) is 0 Å². The van der Waals surface area contributed by atoms with Crippen LogP contribution >= 0.6 is 11.6 Å². The number of hydrogen-bond donors (Lipinski definition) is 1. The third kappa shape index (κ3) is 3.17. The maximum absolute atomic E-state index is 12.4. The molecular formula is C17H20ClN3O. The van der Waals surface area contributed by atoms with Crippen molar-refractivity contribution >= 4 is 17.5 Å². The van der Waals surface area contributed by atoms with E-state index < -0.39 is 0 Å². The lowest BCUT2D eigenvalue weighted by Gasteiger charge is -2.12. The largest absolute Gasteiger partial charge is 0.349 e. The quantitative estimate of drug-likeness (QED) is 0.918. The molecule has 2 aromatic rings. The molecule has 1 heterocycles. The maximum Gasteiger partial charge on any atom is 0.256 e. The number of carbonyl (C=O) groups is 1. The summed E-state index contributed by atoms with van der Waals surface area (Å²) >= 11 is 6.39. The van der Waals surface area contributed by atoms with Gasteiger partial charge >= 0.3 is 0 Å². The van der Waals surface area contributed by atoms with Gasteiger partial charge in [-0.3, -0.25) is 4.79 Å². The number of carbonyl (C=O) groups excluding carboxylic acids is 1. The van der Waals surface area contributed by atoms with E-state index in [4.69, 9.17) is 11.6 Å². The van der Waals surface area contributed by atoms with E-state index in [2.05, 4.69) is 10.4 Å². The summed E-state index contributed by atoms with van der Waals surface area (Å²) in [6.45, 7) is 4.43. The Kier molecular flexibility index (Phi) is 4.21. The second-order valence-corrected chi connectivity index (χ2v) is 6.35. The van der Waals surface area contributed by atoms with Crippen LogP contribution in [0.4, 0.5) is 0 Å². The number of aromatic nitrogens is 2. The Morgan fingerprint density at radius 1 is 1.41 bits per heavy atom. The minimum absolute atomic E-state index is 0.124. The highest BCUT2D eigenvalue weighted by Gasteiger charge is 2.30. The van der Waals surface area contributed by atoms with Crippen molar-refractivity contribution in [2.45, 2.75) is 39.3 Å². The lowest BCUT2D eigenvalue weighted by molar-refractivity contribution is 0.0935. The molecule has 0 bridgehead atoms. The molecule has 1 amide bonds. The number of nitrogens with zero attached hydrogens (tertiary/aromatic N) is 2. The van der Waals surface area contributed by atoms with Gasteiger partial charge in [0.15, 0.2) is 0 Å². The van der Waals surface area contributed by atoms with E-state index in [9.17, 15) is 4.79 Å². The van der Waals surface area contributed by atoms with Crippen LogP contribution in [0.5, 0.6) is 0 Å². The van der Waals surface area contributed by atoms with E-state index in [0.717, 1.165) is 5.56 Å². The van der Waals surface area contributed by atoms with Crippen LogP contribution in [0.1, 0.15) is 41.4 Å². The highest BCUT2D eigenvalue weighted by molar-refractivity contribution is 6.33. The molecule has 0 aliphatic heterocycles. The minimum atomic E-state index is -0.124. The predicted octanol–water partition coefficient (Wildman–Crippen LogP) is 3.42. The molecule has 0 radical (unpaired) electrons.